The van der Waals surface area contributed by atoms with Crippen LogP contribution in [0, 0.1) is 47.3 Å². The highest BCUT2D eigenvalue weighted by atomic mass is 79.9. The average Bonchev–Trinajstić information content (AvgIpc) is 3.84. The van der Waals surface area contributed by atoms with Gasteiger partial charge < -0.3 is 9.47 Å². The smallest absolute Gasteiger partial charge is 0.238 e. The van der Waals surface area contributed by atoms with Gasteiger partial charge in [0.2, 0.25) is 23.6 Å². The van der Waals surface area contributed by atoms with Crippen molar-refractivity contribution < 1.29 is 28.7 Å². The van der Waals surface area contributed by atoms with Crippen molar-refractivity contribution in [1.82, 2.24) is 0 Å². The minimum absolute atomic E-state index is 0.123. The Morgan fingerprint density at radius 3 is 1.11 bits per heavy atom. The summed E-state index contributed by atoms with van der Waals surface area (Å²) in [6.45, 7) is 0. The van der Waals surface area contributed by atoms with Crippen LogP contribution in [0.25, 0.3) is 11.1 Å². The number of benzene rings is 2. The number of alkyl halides is 4. The van der Waals surface area contributed by atoms with Crippen LogP contribution in [0.1, 0.15) is 12.8 Å². The first-order chi connectivity index (χ1) is 21.1. The summed E-state index contributed by atoms with van der Waals surface area (Å²) in [5.41, 5.74) is 2.42. The van der Waals surface area contributed by atoms with Crippen molar-refractivity contribution in [2.45, 2.75) is 32.2 Å². The SMILES string of the molecule is COc1cc(-c2ccc(N3C(=O)[C@@H]4[C@H]5C[C@@H]([C@H](Br)[C@@H]5Br)[C@@H]4C3=O)c(OC)c2)ccc1N1C(=O)[C@@H]2[C@H]3C[C@@H]([C@H](Br)[C@H]3Br)[C@@H]2C1=O. The third kappa shape index (κ3) is 3.77. The van der Waals surface area contributed by atoms with Gasteiger partial charge in [0.1, 0.15) is 11.5 Å². The number of carbonyl (C=O) groups excluding carboxylic acids is 4. The minimum Gasteiger partial charge on any atom is -0.495 e. The van der Waals surface area contributed by atoms with Gasteiger partial charge in [-0.3, -0.25) is 19.2 Å². The third-order valence-corrected chi connectivity index (χ3v) is 17.6. The second-order valence-corrected chi connectivity index (χ2v) is 17.0. The molecule has 2 heterocycles. The van der Waals surface area contributed by atoms with Crippen molar-refractivity contribution in [2.75, 3.05) is 24.0 Å². The molecule has 8 rings (SSSR count). The number of carbonyl (C=O) groups is 4. The summed E-state index contributed by atoms with van der Waals surface area (Å²) >= 11 is 15.0. The van der Waals surface area contributed by atoms with Crippen molar-refractivity contribution in [3.8, 4) is 22.6 Å². The third-order valence-electron chi connectivity index (χ3n) is 11.1. The topological polar surface area (TPSA) is 93.2 Å². The van der Waals surface area contributed by atoms with Crippen LogP contribution in [0.4, 0.5) is 11.4 Å². The molecule has 0 unspecified atom stereocenters. The van der Waals surface area contributed by atoms with Crippen LogP contribution in [-0.4, -0.2) is 57.2 Å². The number of amides is 4. The summed E-state index contributed by atoms with van der Waals surface area (Å²) in [5.74, 6) is -0.624. The molecule has 2 aromatic rings. The molecule has 2 aromatic carbocycles. The van der Waals surface area contributed by atoms with E-state index in [1.807, 2.05) is 12.1 Å². The fourth-order valence-corrected chi connectivity index (χ4v) is 13.0. The molecule has 2 saturated heterocycles. The predicted octanol–water partition coefficient (Wildman–Crippen LogP) is 5.94. The Balaban J connectivity index is 1.10. The van der Waals surface area contributed by atoms with E-state index in [-0.39, 0.29) is 90.3 Å². The Hall–Kier alpha value is -1.76. The van der Waals surface area contributed by atoms with Crippen LogP contribution in [0.15, 0.2) is 36.4 Å². The molecule has 4 aliphatic carbocycles. The standard InChI is InChI=1S/C32H28Br4N2O6/c1-43-19-7-11(3-5-17(19)37-29(39)21-13-9-14(22(21)30(37)40)26(34)25(13)33)12-4-6-18(20(8-12)44-2)38-31(41)23-15-10-16(24(23)32(38)42)28(36)27(15)35/h3-8,13-16,21-28H,9-10H2,1-2H3/t13-,14-,15-,16-,21-,22+,23-,24+,25-,26+,27+,28+/m1/s1. The van der Waals surface area contributed by atoms with Gasteiger partial charge in [-0.2, -0.15) is 0 Å². The fraction of sp³-hybridized carbons (Fsp3) is 0.500. The lowest BCUT2D eigenvalue weighted by Crippen LogP contribution is -2.37. The van der Waals surface area contributed by atoms with E-state index in [0.717, 1.165) is 24.0 Å². The van der Waals surface area contributed by atoms with E-state index in [0.29, 0.717) is 22.9 Å². The lowest BCUT2D eigenvalue weighted by atomic mass is 9.81. The molecule has 0 aromatic heterocycles. The molecule has 12 heteroatoms. The monoisotopic (exact) mass is 852 g/mol. The normalized spacial score (nSPS) is 40.0. The van der Waals surface area contributed by atoms with E-state index in [2.05, 4.69) is 63.7 Å². The summed E-state index contributed by atoms with van der Waals surface area (Å²) < 4.78 is 11.4. The Bertz CT molecular complexity index is 1470. The summed E-state index contributed by atoms with van der Waals surface area (Å²) in [4.78, 5) is 57.9. The number of nitrogens with zero attached hydrogens (tertiary/aromatic N) is 2. The zero-order valence-corrected chi connectivity index (χ0v) is 30.0. The first kappa shape index (κ1) is 29.6. The maximum Gasteiger partial charge on any atom is 0.238 e. The van der Waals surface area contributed by atoms with Crippen molar-refractivity contribution >= 4 is 98.7 Å². The Morgan fingerprint density at radius 1 is 0.545 bits per heavy atom. The number of methoxy groups -OCH3 is 2. The summed E-state index contributed by atoms with van der Waals surface area (Å²) in [5, 5.41) is 0. The highest BCUT2D eigenvalue weighted by Gasteiger charge is 2.68. The molecule has 4 amide bonds. The van der Waals surface area contributed by atoms with Gasteiger partial charge in [-0.1, -0.05) is 75.9 Å². The second kappa shape index (κ2) is 10.4. The number of ether oxygens (including phenoxy) is 2. The molecule has 0 radical (unpaired) electrons. The minimum atomic E-state index is -0.321. The largest absolute Gasteiger partial charge is 0.495 e. The number of halogens is 4. The van der Waals surface area contributed by atoms with Crippen molar-refractivity contribution in [3.63, 3.8) is 0 Å². The van der Waals surface area contributed by atoms with Crippen molar-refractivity contribution in [2.24, 2.45) is 47.3 Å². The highest BCUT2D eigenvalue weighted by Crippen LogP contribution is 2.62. The lowest BCUT2D eigenvalue weighted by molar-refractivity contribution is -0.124. The van der Waals surface area contributed by atoms with Crippen LogP contribution in [0.3, 0.4) is 0 Å². The molecule has 6 fully saturated rings. The molecule has 4 saturated carbocycles. The van der Waals surface area contributed by atoms with Gasteiger partial charge in [0.25, 0.3) is 0 Å². The van der Waals surface area contributed by atoms with Gasteiger partial charge in [0, 0.05) is 19.3 Å². The van der Waals surface area contributed by atoms with E-state index in [1.54, 1.807) is 24.3 Å². The molecule has 0 spiro atoms. The summed E-state index contributed by atoms with van der Waals surface area (Å²) in [7, 11) is 3.04. The Kier molecular flexibility index (Phi) is 6.98. The van der Waals surface area contributed by atoms with Crippen LogP contribution in [-0.2, 0) is 19.2 Å². The fourth-order valence-electron chi connectivity index (χ4n) is 9.26. The van der Waals surface area contributed by atoms with Crippen LogP contribution in [0.2, 0.25) is 0 Å². The maximum absolute atomic E-state index is 13.6. The van der Waals surface area contributed by atoms with Crippen LogP contribution in [0.5, 0.6) is 11.5 Å². The predicted molar refractivity (Wildman–Crippen MR) is 178 cm³/mol. The number of imide groups is 2. The average molecular weight is 856 g/mol. The van der Waals surface area contributed by atoms with E-state index in [9.17, 15) is 19.2 Å². The second-order valence-electron chi connectivity index (χ2n) is 12.8. The zero-order valence-electron chi connectivity index (χ0n) is 23.7. The quantitative estimate of drug-likeness (QED) is 0.274. The molecule has 4 bridgehead atoms. The molecule has 0 N–H and O–H groups in total. The number of anilines is 2. The molecule has 8 nitrogen and oxygen atoms in total. The first-order valence-corrected chi connectivity index (χ1v) is 18.4. The van der Waals surface area contributed by atoms with E-state index in [4.69, 9.17) is 9.47 Å². The van der Waals surface area contributed by atoms with Gasteiger partial charge in [0.15, 0.2) is 0 Å². The van der Waals surface area contributed by atoms with E-state index >= 15 is 0 Å². The summed E-state index contributed by atoms with van der Waals surface area (Å²) in [6, 6.07) is 10.8. The zero-order chi connectivity index (χ0) is 30.9. The number of rotatable bonds is 5. The Labute approximate surface area is 288 Å². The van der Waals surface area contributed by atoms with Crippen LogP contribution < -0.4 is 19.3 Å². The van der Waals surface area contributed by atoms with E-state index in [1.165, 1.54) is 24.0 Å². The molecule has 12 atom stereocenters. The molecular weight excluding hydrogens is 828 g/mol. The van der Waals surface area contributed by atoms with Gasteiger partial charge in [-0.05, 0) is 71.9 Å². The summed E-state index contributed by atoms with van der Waals surface area (Å²) in [6.07, 6.45) is 1.73. The number of hydrogen-bond acceptors (Lipinski definition) is 6. The van der Waals surface area contributed by atoms with Crippen molar-refractivity contribution in [3.05, 3.63) is 36.4 Å². The van der Waals surface area contributed by atoms with Gasteiger partial charge >= 0.3 is 0 Å². The Morgan fingerprint density at radius 2 is 0.841 bits per heavy atom. The molecule has 2 aliphatic heterocycles. The molecule has 44 heavy (non-hydrogen) atoms. The van der Waals surface area contributed by atoms with Crippen LogP contribution >= 0.6 is 63.7 Å². The molecular formula is C32H28Br4N2O6. The lowest BCUT2D eigenvalue weighted by Gasteiger charge is -2.28. The highest BCUT2D eigenvalue weighted by molar-refractivity contribution is 9.12. The van der Waals surface area contributed by atoms with E-state index < -0.39 is 0 Å². The number of hydrogen-bond donors (Lipinski definition) is 0. The van der Waals surface area contributed by atoms with Crippen molar-refractivity contribution in [1.29, 1.82) is 0 Å². The molecule has 6 aliphatic rings. The first-order valence-electron chi connectivity index (χ1n) is 14.8. The maximum atomic E-state index is 13.6. The molecule has 230 valence electrons. The van der Waals surface area contributed by atoms with Gasteiger partial charge in [-0.15, -0.1) is 0 Å². The number of fused-ring (bicyclic) bond motifs is 10. The van der Waals surface area contributed by atoms with Gasteiger partial charge in [-0.25, -0.2) is 9.80 Å². The van der Waals surface area contributed by atoms with Gasteiger partial charge in [0.05, 0.1) is 49.3 Å².